The lowest BCUT2D eigenvalue weighted by Crippen LogP contribution is -2.66. The van der Waals surface area contributed by atoms with E-state index in [1.54, 1.807) is 20.0 Å². The number of aliphatic imine (C=N–C) groups is 1. The van der Waals surface area contributed by atoms with Crippen LogP contribution in [0.2, 0.25) is 5.02 Å². The molecule has 0 aromatic heterocycles. The Hall–Kier alpha value is -1.89. The number of primary sulfonamides is 1. The van der Waals surface area contributed by atoms with Crippen molar-refractivity contribution in [1.82, 2.24) is 5.32 Å². The van der Waals surface area contributed by atoms with Crippen LogP contribution in [0.15, 0.2) is 23.2 Å². The van der Waals surface area contributed by atoms with E-state index < -0.39 is 26.2 Å². The van der Waals surface area contributed by atoms with Gasteiger partial charge in [0.2, 0.25) is 16.2 Å². The number of hydrogen-bond donors (Lipinski definition) is 2. The summed E-state index contributed by atoms with van der Waals surface area (Å²) in [6.07, 6.45) is 5.27. The molecule has 4 saturated carbocycles. The summed E-state index contributed by atoms with van der Waals surface area (Å²) >= 11 is 5.82. The zero-order valence-electron chi connectivity index (χ0n) is 17.4. The minimum Gasteiger partial charge on any atom is -0.477 e. The number of nitrogens with one attached hydrogen (secondary N) is 1. The van der Waals surface area contributed by atoms with Crippen LogP contribution in [0, 0.1) is 35.0 Å². The van der Waals surface area contributed by atoms with Crippen molar-refractivity contribution in [2.24, 2.45) is 27.9 Å². The minimum atomic E-state index is -3.65. The highest BCUT2D eigenvalue weighted by Gasteiger charge is 2.60. The molecule has 0 spiro atoms. The summed E-state index contributed by atoms with van der Waals surface area (Å²) in [5.41, 5.74) is -1.13. The first-order chi connectivity index (χ1) is 14.4. The van der Waals surface area contributed by atoms with Gasteiger partial charge < -0.3 is 10.1 Å². The molecule has 4 aliphatic rings. The van der Waals surface area contributed by atoms with Gasteiger partial charge in [-0.15, -0.1) is 0 Å². The fourth-order valence-electron chi connectivity index (χ4n) is 5.96. The van der Waals surface area contributed by atoms with E-state index in [1.165, 1.54) is 12.1 Å². The number of sulfonamides is 1. The molecule has 10 heteroatoms. The Morgan fingerprint density at radius 3 is 2.55 bits per heavy atom. The summed E-state index contributed by atoms with van der Waals surface area (Å²) in [6.45, 7) is 3.40. The predicted molar refractivity (Wildman–Crippen MR) is 115 cm³/mol. The molecule has 3 N–H and O–H groups in total. The van der Waals surface area contributed by atoms with E-state index >= 15 is 0 Å². The summed E-state index contributed by atoms with van der Waals surface area (Å²) < 4.78 is 44.0. The van der Waals surface area contributed by atoms with Crippen molar-refractivity contribution in [3.8, 4) is 11.9 Å². The lowest BCUT2D eigenvalue weighted by molar-refractivity contribution is 0.00432. The lowest BCUT2D eigenvalue weighted by Gasteiger charge is -2.59. The number of nitriles is 1. The van der Waals surface area contributed by atoms with Crippen LogP contribution in [0.25, 0.3) is 0 Å². The Kier molecular flexibility index (Phi) is 5.48. The first kappa shape index (κ1) is 22.3. The van der Waals surface area contributed by atoms with Crippen LogP contribution in [0.4, 0.5) is 4.39 Å². The van der Waals surface area contributed by atoms with Gasteiger partial charge in [-0.1, -0.05) is 11.6 Å². The fraction of sp³-hybridized carbons (Fsp3) is 0.619. The molecule has 0 radical (unpaired) electrons. The Morgan fingerprint density at radius 2 is 2.00 bits per heavy atom. The second kappa shape index (κ2) is 7.61. The van der Waals surface area contributed by atoms with E-state index in [2.05, 4.69) is 10.3 Å². The Labute approximate surface area is 186 Å². The zero-order chi connectivity index (χ0) is 22.6. The van der Waals surface area contributed by atoms with Gasteiger partial charge in [-0.25, -0.2) is 17.9 Å². The molecule has 1 aromatic rings. The highest BCUT2D eigenvalue weighted by atomic mass is 35.5. The van der Waals surface area contributed by atoms with Gasteiger partial charge in [0.15, 0.2) is 23.0 Å². The van der Waals surface area contributed by atoms with E-state index in [9.17, 15) is 18.1 Å². The lowest BCUT2D eigenvalue weighted by atomic mass is 9.53. The predicted octanol–water partition coefficient (Wildman–Crippen LogP) is 3.34. The third-order valence-corrected chi connectivity index (χ3v) is 9.06. The number of hydrogen-bond acceptors (Lipinski definition) is 5. The first-order valence-corrected chi connectivity index (χ1v) is 12.3. The largest absolute Gasteiger partial charge is 0.477 e. The summed E-state index contributed by atoms with van der Waals surface area (Å²) in [6, 6.07) is 4.07. The molecule has 2 atom stereocenters. The molecule has 5 rings (SSSR count). The van der Waals surface area contributed by atoms with Crippen molar-refractivity contribution in [2.75, 3.05) is 0 Å². The Bertz CT molecular complexity index is 1050. The third-order valence-electron chi connectivity index (χ3n) is 7.12. The molecular formula is C21H26ClFN4O3S. The maximum atomic E-state index is 14.3. The SMILES string of the molecule is CC(C)(Oc1ccc(Cl)cc1F)/C(=N\C#N)NC1C2CC3CC1CC(S(N)(=O)=O)(C3)C2. The van der Waals surface area contributed by atoms with Gasteiger partial charge >= 0.3 is 0 Å². The number of halogens is 2. The van der Waals surface area contributed by atoms with Gasteiger partial charge in [-0.05, 0) is 81.9 Å². The van der Waals surface area contributed by atoms with Gasteiger partial charge in [0.25, 0.3) is 0 Å². The molecule has 168 valence electrons. The number of ether oxygens (including phenoxy) is 1. The quantitative estimate of drug-likeness (QED) is 0.390. The average Bonchev–Trinajstić information content (AvgIpc) is 2.64. The van der Waals surface area contributed by atoms with Crippen LogP contribution in [0.5, 0.6) is 5.75 Å². The molecule has 4 fully saturated rings. The van der Waals surface area contributed by atoms with Crippen LogP contribution < -0.4 is 15.2 Å². The van der Waals surface area contributed by atoms with Gasteiger partial charge in [0.1, 0.15) is 0 Å². The first-order valence-electron chi connectivity index (χ1n) is 10.3. The van der Waals surface area contributed by atoms with Crippen LogP contribution in [-0.4, -0.2) is 30.6 Å². The average molecular weight is 469 g/mol. The van der Waals surface area contributed by atoms with Crippen molar-refractivity contribution in [3.05, 3.63) is 29.0 Å². The monoisotopic (exact) mass is 468 g/mol. The van der Waals surface area contributed by atoms with Gasteiger partial charge in [-0.2, -0.15) is 10.3 Å². The van der Waals surface area contributed by atoms with E-state index in [4.69, 9.17) is 21.5 Å². The van der Waals surface area contributed by atoms with Crippen molar-refractivity contribution < 1.29 is 17.5 Å². The smallest absolute Gasteiger partial charge is 0.214 e. The molecule has 4 aliphatic carbocycles. The van der Waals surface area contributed by atoms with E-state index in [0.717, 1.165) is 18.9 Å². The van der Waals surface area contributed by atoms with E-state index in [0.29, 0.717) is 25.2 Å². The Morgan fingerprint density at radius 1 is 1.35 bits per heavy atom. The summed E-state index contributed by atoms with van der Waals surface area (Å²) in [5, 5.41) is 18.5. The van der Waals surface area contributed by atoms with Crippen molar-refractivity contribution >= 4 is 27.5 Å². The zero-order valence-corrected chi connectivity index (χ0v) is 19.0. The fourth-order valence-corrected chi connectivity index (χ4v) is 7.48. The molecular weight excluding hydrogens is 443 g/mol. The molecule has 1 aromatic carbocycles. The highest BCUT2D eigenvalue weighted by Crippen LogP contribution is 2.58. The number of rotatable bonds is 5. The van der Waals surface area contributed by atoms with E-state index in [-0.39, 0.29) is 34.5 Å². The molecule has 0 heterocycles. The van der Waals surface area contributed by atoms with E-state index in [1.807, 2.05) is 0 Å². The van der Waals surface area contributed by atoms with Crippen LogP contribution in [0.1, 0.15) is 46.0 Å². The molecule has 4 bridgehead atoms. The summed E-state index contributed by atoms with van der Waals surface area (Å²) in [4.78, 5) is 3.95. The van der Waals surface area contributed by atoms with Gasteiger partial charge in [0.05, 0.1) is 4.75 Å². The van der Waals surface area contributed by atoms with Crippen LogP contribution in [-0.2, 0) is 10.0 Å². The molecule has 2 unspecified atom stereocenters. The molecule has 0 saturated heterocycles. The van der Waals surface area contributed by atoms with Crippen molar-refractivity contribution in [1.29, 1.82) is 5.26 Å². The van der Waals surface area contributed by atoms with Crippen LogP contribution in [0.3, 0.4) is 0 Å². The number of amidine groups is 1. The second-order valence-corrected chi connectivity index (χ2v) is 12.0. The normalized spacial score (nSPS) is 32.6. The van der Waals surface area contributed by atoms with Crippen molar-refractivity contribution in [3.63, 3.8) is 0 Å². The maximum Gasteiger partial charge on any atom is 0.214 e. The molecule has 7 nitrogen and oxygen atoms in total. The third kappa shape index (κ3) is 4.01. The molecule has 0 aliphatic heterocycles. The molecule has 31 heavy (non-hydrogen) atoms. The summed E-state index contributed by atoms with van der Waals surface area (Å²) in [7, 11) is -3.65. The summed E-state index contributed by atoms with van der Waals surface area (Å²) in [5.74, 6) is 0.235. The number of benzene rings is 1. The number of nitrogens with zero attached hydrogens (tertiary/aromatic N) is 2. The minimum absolute atomic E-state index is 0.0000932. The van der Waals surface area contributed by atoms with Gasteiger partial charge in [-0.3, -0.25) is 0 Å². The number of nitrogens with two attached hydrogens (primary N) is 1. The van der Waals surface area contributed by atoms with Crippen molar-refractivity contribution in [2.45, 2.75) is 62.3 Å². The topological polar surface area (TPSA) is 118 Å². The molecule has 0 amide bonds. The van der Waals surface area contributed by atoms with Gasteiger partial charge in [0, 0.05) is 11.1 Å². The highest BCUT2D eigenvalue weighted by molar-refractivity contribution is 7.90. The Balaban J connectivity index is 1.57. The standard InChI is InChI=1S/C21H26ClFN4O3S/c1-20(2,30-17-4-3-15(22)7-16(17)23)19(26-11-24)27-18-13-5-12-6-14(18)10-21(8-12,9-13)31(25,28)29/h3-4,7,12-14,18H,5-6,8-10H2,1-2H3,(H,26,27)(H2,25,28,29). The second-order valence-electron chi connectivity index (χ2n) is 9.62. The maximum absolute atomic E-state index is 14.3. The van der Waals surface area contributed by atoms with Crippen LogP contribution >= 0.6 is 11.6 Å².